The number of nitrogens with zero attached hydrogens (tertiary/aromatic N) is 1. The van der Waals surface area contributed by atoms with Crippen LogP contribution in [0.25, 0.3) is 10.2 Å². The van der Waals surface area contributed by atoms with Crippen LogP contribution in [0.3, 0.4) is 0 Å². The topological polar surface area (TPSA) is 88.2 Å². The molecule has 1 amide bonds. The number of aromatic nitrogens is 1. The summed E-state index contributed by atoms with van der Waals surface area (Å²) in [4.78, 5) is 16.3. The van der Waals surface area contributed by atoms with Crippen LogP contribution in [0.2, 0.25) is 0 Å². The molecule has 2 aromatic carbocycles. The van der Waals surface area contributed by atoms with Gasteiger partial charge in [-0.15, -0.1) is 0 Å². The van der Waals surface area contributed by atoms with Gasteiger partial charge in [0.25, 0.3) is 10.0 Å². The lowest BCUT2D eigenvalue weighted by atomic mass is 10.3. The molecule has 128 valence electrons. The summed E-state index contributed by atoms with van der Waals surface area (Å²) in [5.74, 6) is 0.166. The van der Waals surface area contributed by atoms with Crippen LogP contribution in [-0.2, 0) is 14.8 Å². The lowest BCUT2D eigenvalue weighted by molar-refractivity contribution is -0.117. The van der Waals surface area contributed by atoms with E-state index in [0.29, 0.717) is 16.3 Å². The maximum absolute atomic E-state index is 12.4. The van der Waals surface area contributed by atoms with Gasteiger partial charge in [-0.2, -0.15) is 0 Å². The quantitative estimate of drug-likeness (QED) is 0.717. The highest BCUT2D eigenvalue weighted by atomic mass is 32.2. The molecule has 0 atom stereocenters. The minimum atomic E-state index is -3.66. The predicted octanol–water partition coefficient (Wildman–Crippen LogP) is 3.45. The number of fused-ring (bicyclic) bond motifs is 1. The summed E-state index contributed by atoms with van der Waals surface area (Å²) in [5.41, 5.74) is 1.38. The van der Waals surface area contributed by atoms with E-state index in [1.807, 2.05) is 6.07 Å². The fraction of sp³-hybridized carbons (Fsp3) is 0.176. The molecule has 0 saturated heterocycles. The van der Waals surface area contributed by atoms with Crippen LogP contribution < -0.4 is 10.0 Å². The van der Waals surface area contributed by atoms with Crippen molar-refractivity contribution < 1.29 is 13.2 Å². The molecule has 0 unspecified atom stereocenters. The average Bonchev–Trinajstić information content (AvgIpc) is 3.37. The fourth-order valence-electron chi connectivity index (χ4n) is 2.41. The highest BCUT2D eigenvalue weighted by Gasteiger charge is 2.29. The minimum absolute atomic E-state index is 0.0360. The molecular formula is C17H15N3O3S2. The van der Waals surface area contributed by atoms with Crippen molar-refractivity contribution >= 4 is 48.3 Å². The Balaban J connectivity index is 1.57. The zero-order chi connectivity index (χ0) is 17.4. The molecule has 6 nitrogen and oxygen atoms in total. The number of sulfonamides is 1. The molecule has 1 aliphatic rings. The Hall–Kier alpha value is -2.45. The van der Waals surface area contributed by atoms with Crippen molar-refractivity contribution in [3.05, 3.63) is 48.5 Å². The standard InChI is InChI=1S/C17H15N3O3S2/c21-16(11-6-7-11)18-12-8-9-14-15(10-12)24-17(19-14)20-25(22,23)13-4-2-1-3-5-13/h1-5,8-11H,6-7H2,(H,18,21)(H,19,20). The first-order valence-electron chi connectivity index (χ1n) is 7.81. The molecule has 1 aliphatic carbocycles. The Labute approximate surface area is 149 Å². The molecule has 1 aromatic heterocycles. The van der Waals surface area contributed by atoms with Gasteiger partial charge in [0.1, 0.15) is 0 Å². The van der Waals surface area contributed by atoms with Crippen LogP contribution in [-0.4, -0.2) is 19.3 Å². The largest absolute Gasteiger partial charge is 0.326 e. The third kappa shape index (κ3) is 3.49. The van der Waals surface area contributed by atoms with Crippen molar-refractivity contribution in [1.29, 1.82) is 0 Å². The molecule has 25 heavy (non-hydrogen) atoms. The monoisotopic (exact) mass is 373 g/mol. The number of amides is 1. The van der Waals surface area contributed by atoms with E-state index in [1.54, 1.807) is 30.3 Å². The minimum Gasteiger partial charge on any atom is -0.326 e. The molecule has 0 radical (unpaired) electrons. The lowest BCUT2D eigenvalue weighted by Crippen LogP contribution is -2.12. The van der Waals surface area contributed by atoms with Crippen LogP contribution in [0.4, 0.5) is 10.8 Å². The van der Waals surface area contributed by atoms with Crippen molar-refractivity contribution in [1.82, 2.24) is 4.98 Å². The van der Waals surface area contributed by atoms with Gasteiger partial charge in [0.15, 0.2) is 5.13 Å². The van der Waals surface area contributed by atoms with Crippen molar-refractivity contribution in [3.8, 4) is 0 Å². The van der Waals surface area contributed by atoms with Crippen molar-refractivity contribution in [2.45, 2.75) is 17.7 Å². The second-order valence-corrected chi connectivity index (χ2v) is 8.60. The normalized spacial score (nSPS) is 14.4. The van der Waals surface area contributed by atoms with Gasteiger partial charge in [-0.25, -0.2) is 13.4 Å². The average molecular weight is 373 g/mol. The summed E-state index contributed by atoms with van der Waals surface area (Å²) in [6.07, 6.45) is 1.89. The summed E-state index contributed by atoms with van der Waals surface area (Å²) >= 11 is 1.23. The summed E-state index contributed by atoms with van der Waals surface area (Å²) < 4.78 is 28.1. The number of carbonyl (C=O) groups excluding carboxylic acids is 1. The molecule has 2 N–H and O–H groups in total. The molecule has 0 aliphatic heterocycles. The Kier molecular flexibility index (Phi) is 3.93. The fourth-order valence-corrected chi connectivity index (χ4v) is 4.57. The van der Waals surface area contributed by atoms with Gasteiger partial charge in [0.05, 0.1) is 15.1 Å². The number of nitrogens with one attached hydrogen (secondary N) is 2. The van der Waals surface area contributed by atoms with Gasteiger partial charge < -0.3 is 5.32 Å². The number of rotatable bonds is 5. The third-order valence-corrected chi connectivity index (χ3v) is 6.30. The Morgan fingerprint density at radius 3 is 2.60 bits per heavy atom. The van der Waals surface area contributed by atoms with Crippen molar-refractivity contribution in [2.24, 2.45) is 5.92 Å². The van der Waals surface area contributed by atoms with E-state index in [4.69, 9.17) is 0 Å². The smallest absolute Gasteiger partial charge is 0.263 e. The first kappa shape index (κ1) is 16.0. The van der Waals surface area contributed by atoms with E-state index in [2.05, 4.69) is 15.0 Å². The van der Waals surface area contributed by atoms with Crippen LogP contribution in [0.1, 0.15) is 12.8 Å². The maximum Gasteiger partial charge on any atom is 0.263 e. The number of hydrogen-bond acceptors (Lipinski definition) is 5. The molecule has 0 bridgehead atoms. The summed E-state index contributed by atoms with van der Waals surface area (Å²) in [7, 11) is -3.66. The third-order valence-electron chi connectivity index (χ3n) is 3.88. The van der Waals surface area contributed by atoms with E-state index in [0.717, 1.165) is 17.5 Å². The van der Waals surface area contributed by atoms with Gasteiger partial charge >= 0.3 is 0 Å². The molecule has 4 rings (SSSR count). The Morgan fingerprint density at radius 1 is 1.12 bits per heavy atom. The van der Waals surface area contributed by atoms with Crippen molar-refractivity contribution in [3.63, 3.8) is 0 Å². The second kappa shape index (κ2) is 6.12. The van der Waals surface area contributed by atoms with Crippen LogP contribution in [0, 0.1) is 5.92 Å². The van der Waals surface area contributed by atoms with E-state index in [1.165, 1.54) is 23.5 Å². The van der Waals surface area contributed by atoms with Gasteiger partial charge in [-0.3, -0.25) is 9.52 Å². The summed E-state index contributed by atoms with van der Waals surface area (Å²) in [6.45, 7) is 0. The molecule has 0 spiro atoms. The molecule has 8 heteroatoms. The van der Waals surface area contributed by atoms with E-state index in [9.17, 15) is 13.2 Å². The van der Waals surface area contributed by atoms with E-state index in [-0.39, 0.29) is 16.7 Å². The predicted molar refractivity (Wildman–Crippen MR) is 98.2 cm³/mol. The number of anilines is 2. The zero-order valence-electron chi connectivity index (χ0n) is 13.1. The molecule has 1 fully saturated rings. The lowest BCUT2D eigenvalue weighted by Gasteiger charge is -2.03. The number of hydrogen-bond donors (Lipinski definition) is 2. The number of benzene rings is 2. The second-order valence-electron chi connectivity index (χ2n) is 5.88. The summed E-state index contributed by atoms with van der Waals surface area (Å²) in [5, 5.41) is 3.18. The van der Waals surface area contributed by atoms with Gasteiger partial charge in [-0.1, -0.05) is 29.5 Å². The highest BCUT2D eigenvalue weighted by Crippen LogP contribution is 2.32. The SMILES string of the molecule is O=C(Nc1ccc2nc(NS(=O)(=O)c3ccccc3)sc2c1)C1CC1. The van der Waals surface area contributed by atoms with E-state index >= 15 is 0 Å². The highest BCUT2D eigenvalue weighted by molar-refractivity contribution is 7.93. The van der Waals surface area contributed by atoms with Gasteiger partial charge in [-0.05, 0) is 43.2 Å². The van der Waals surface area contributed by atoms with Gasteiger partial charge in [0.2, 0.25) is 5.91 Å². The summed E-state index contributed by atoms with van der Waals surface area (Å²) in [6, 6.07) is 13.5. The van der Waals surface area contributed by atoms with E-state index < -0.39 is 10.0 Å². The zero-order valence-corrected chi connectivity index (χ0v) is 14.7. The molecule has 1 saturated carbocycles. The molecule has 3 aromatic rings. The van der Waals surface area contributed by atoms with Crippen LogP contribution in [0.15, 0.2) is 53.4 Å². The van der Waals surface area contributed by atoms with Crippen LogP contribution in [0.5, 0.6) is 0 Å². The Morgan fingerprint density at radius 2 is 1.88 bits per heavy atom. The number of carbonyl (C=O) groups is 1. The van der Waals surface area contributed by atoms with Crippen molar-refractivity contribution in [2.75, 3.05) is 10.0 Å². The number of thiazole rings is 1. The maximum atomic E-state index is 12.4. The van der Waals surface area contributed by atoms with Gasteiger partial charge in [0, 0.05) is 11.6 Å². The first-order chi connectivity index (χ1) is 12.0. The molecule has 1 heterocycles. The molecular weight excluding hydrogens is 358 g/mol. The van der Waals surface area contributed by atoms with Crippen LogP contribution >= 0.6 is 11.3 Å². The Bertz CT molecular complexity index is 1040. The first-order valence-corrected chi connectivity index (χ1v) is 10.1.